The molecule has 1 spiro atoms. The zero-order valence-electron chi connectivity index (χ0n) is 16.6. The highest BCUT2D eigenvalue weighted by Gasteiger charge is 2.46. The number of hydrogen-bond acceptors (Lipinski definition) is 5. The summed E-state index contributed by atoms with van der Waals surface area (Å²) in [4.78, 5) is 21.6. The summed E-state index contributed by atoms with van der Waals surface area (Å²) in [5.41, 5.74) is 1.14. The van der Waals surface area contributed by atoms with E-state index in [9.17, 15) is 9.18 Å². The lowest BCUT2D eigenvalue weighted by atomic mass is 9.88. The van der Waals surface area contributed by atoms with Crippen molar-refractivity contribution in [2.45, 2.75) is 51.1 Å². The zero-order valence-corrected chi connectivity index (χ0v) is 17.4. The maximum Gasteiger partial charge on any atom is 0.240 e. The van der Waals surface area contributed by atoms with Gasteiger partial charge in [0.1, 0.15) is 17.4 Å². The maximum absolute atomic E-state index is 14.5. The van der Waals surface area contributed by atoms with Gasteiger partial charge < -0.3 is 10.1 Å². The monoisotopic (exact) mass is 420 g/mol. The molecule has 156 valence electrons. The van der Waals surface area contributed by atoms with Gasteiger partial charge in [0.25, 0.3) is 0 Å². The van der Waals surface area contributed by atoms with Crippen molar-refractivity contribution in [2.24, 2.45) is 0 Å². The maximum atomic E-state index is 14.5. The summed E-state index contributed by atoms with van der Waals surface area (Å²) in [7, 11) is 0. The van der Waals surface area contributed by atoms with Crippen molar-refractivity contribution in [1.82, 2.24) is 20.6 Å². The fourth-order valence-corrected chi connectivity index (χ4v) is 4.16. The largest absolute Gasteiger partial charge is 0.494 e. The van der Waals surface area contributed by atoms with Crippen LogP contribution in [0.4, 0.5) is 4.39 Å². The first-order valence-electron chi connectivity index (χ1n) is 9.85. The van der Waals surface area contributed by atoms with Gasteiger partial charge in [0.05, 0.1) is 23.9 Å². The highest BCUT2D eigenvalue weighted by atomic mass is 35.5. The van der Waals surface area contributed by atoms with Crippen molar-refractivity contribution in [3.63, 3.8) is 0 Å². The second-order valence-electron chi connectivity index (χ2n) is 7.50. The fourth-order valence-electron chi connectivity index (χ4n) is 4.16. The van der Waals surface area contributed by atoms with Crippen LogP contribution in [0.3, 0.4) is 0 Å². The highest BCUT2D eigenvalue weighted by molar-refractivity contribution is 5.87. The van der Waals surface area contributed by atoms with Gasteiger partial charge in [-0.3, -0.25) is 10.1 Å². The molecule has 0 radical (unpaired) electrons. The fraction of sp³-hybridized carbons (Fsp3) is 0.476. The van der Waals surface area contributed by atoms with Crippen LogP contribution in [0, 0.1) is 12.7 Å². The predicted octanol–water partition coefficient (Wildman–Crippen LogP) is 3.48. The summed E-state index contributed by atoms with van der Waals surface area (Å²) in [6, 6.07) is 6.33. The molecule has 0 aliphatic carbocycles. The number of nitrogens with zero attached hydrogens (tertiary/aromatic N) is 2. The van der Waals surface area contributed by atoms with E-state index < -0.39 is 5.54 Å². The molecule has 3 heterocycles. The van der Waals surface area contributed by atoms with Crippen molar-refractivity contribution in [3.8, 4) is 17.0 Å². The molecule has 0 unspecified atom stereocenters. The van der Waals surface area contributed by atoms with Crippen molar-refractivity contribution in [1.29, 1.82) is 0 Å². The van der Waals surface area contributed by atoms with Gasteiger partial charge in [0, 0.05) is 17.8 Å². The van der Waals surface area contributed by atoms with Crippen LogP contribution in [-0.4, -0.2) is 34.6 Å². The van der Waals surface area contributed by atoms with Gasteiger partial charge in [-0.1, -0.05) is 0 Å². The van der Waals surface area contributed by atoms with Crippen LogP contribution < -0.4 is 15.4 Å². The molecular formula is C21H26ClFN4O2. The third-order valence-corrected chi connectivity index (χ3v) is 5.52. The van der Waals surface area contributed by atoms with Crippen molar-refractivity contribution in [2.75, 3.05) is 13.2 Å². The van der Waals surface area contributed by atoms with E-state index in [2.05, 4.69) is 20.6 Å². The minimum absolute atomic E-state index is 0. The normalized spacial score (nSPS) is 23.6. The SMILES string of the molecule is CCOc1ccc(F)c(-c2cc(C)nc([C@@H]3CC[C@]4(CCCNC4=O)N3)n2)c1.Cl. The van der Waals surface area contributed by atoms with E-state index in [0.717, 1.165) is 37.9 Å². The van der Waals surface area contributed by atoms with Crippen LogP contribution >= 0.6 is 12.4 Å². The summed E-state index contributed by atoms with van der Waals surface area (Å²) >= 11 is 0. The van der Waals surface area contributed by atoms with Gasteiger partial charge in [0.2, 0.25) is 5.91 Å². The Balaban J connectivity index is 0.00000240. The first kappa shape index (κ1) is 21.5. The van der Waals surface area contributed by atoms with E-state index in [1.54, 1.807) is 18.2 Å². The van der Waals surface area contributed by atoms with Gasteiger partial charge in [-0.15, -0.1) is 12.4 Å². The number of carbonyl (C=O) groups is 1. The number of hydrogen-bond donors (Lipinski definition) is 2. The summed E-state index contributed by atoms with van der Waals surface area (Å²) in [6.07, 6.45) is 3.31. The Labute approximate surface area is 176 Å². The second kappa shape index (κ2) is 8.63. The van der Waals surface area contributed by atoms with Gasteiger partial charge in [-0.25, -0.2) is 14.4 Å². The first-order valence-corrected chi connectivity index (χ1v) is 9.85. The average Bonchev–Trinajstić information content (AvgIpc) is 3.11. The molecule has 0 saturated carbocycles. The molecule has 2 N–H and O–H groups in total. The number of aryl methyl sites for hydroxylation is 1. The summed E-state index contributed by atoms with van der Waals surface area (Å²) < 4.78 is 20.0. The van der Waals surface area contributed by atoms with Crippen LogP contribution in [0.2, 0.25) is 0 Å². The third kappa shape index (κ3) is 4.21. The summed E-state index contributed by atoms with van der Waals surface area (Å²) in [5, 5.41) is 6.42. The van der Waals surface area contributed by atoms with Gasteiger partial charge in [-0.05, 0) is 63.8 Å². The lowest BCUT2D eigenvalue weighted by Crippen LogP contribution is -2.57. The topological polar surface area (TPSA) is 76.1 Å². The smallest absolute Gasteiger partial charge is 0.240 e. The minimum Gasteiger partial charge on any atom is -0.494 e. The Kier molecular flexibility index (Phi) is 6.39. The quantitative estimate of drug-likeness (QED) is 0.791. The molecule has 6 nitrogen and oxygen atoms in total. The molecule has 2 aromatic rings. The lowest BCUT2D eigenvalue weighted by molar-refractivity contribution is -0.129. The van der Waals surface area contributed by atoms with E-state index in [0.29, 0.717) is 29.4 Å². The molecule has 2 fully saturated rings. The zero-order chi connectivity index (χ0) is 19.7. The highest BCUT2D eigenvalue weighted by Crippen LogP contribution is 2.37. The van der Waals surface area contributed by atoms with Crippen LogP contribution in [0.1, 0.15) is 50.2 Å². The molecule has 2 saturated heterocycles. The van der Waals surface area contributed by atoms with Crippen molar-refractivity contribution >= 4 is 18.3 Å². The molecule has 1 amide bonds. The van der Waals surface area contributed by atoms with Crippen LogP contribution in [0.25, 0.3) is 11.3 Å². The molecule has 2 aliphatic heterocycles. The van der Waals surface area contributed by atoms with E-state index in [1.807, 2.05) is 13.8 Å². The van der Waals surface area contributed by atoms with E-state index in [1.165, 1.54) is 6.07 Å². The van der Waals surface area contributed by atoms with Crippen LogP contribution in [0.15, 0.2) is 24.3 Å². The van der Waals surface area contributed by atoms with E-state index >= 15 is 0 Å². The number of aromatic nitrogens is 2. The number of rotatable bonds is 4. The number of piperidine rings is 1. The molecule has 1 aromatic carbocycles. The number of halogens is 2. The Morgan fingerprint density at radius 2 is 2.10 bits per heavy atom. The average molecular weight is 421 g/mol. The number of carbonyl (C=O) groups excluding carboxylic acids is 1. The number of amides is 1. The van der Waals surface area contributed by atoms with Crippen molar-refractivity contribution in [3.05, 3.63) is 41.6 Å². The third-order valence-electron chi connectivity index (χ3n) is 5.52. The van der Waals surface area contributed by atoms with Crippen LogP contribution in [-0.2, 0) is 4.79 Å². The summed E-state index contributed by atoms with van der Waals surface area (Å²) in [5.74, 6) is 0.916. The number of nitrogens with one attached hydrogen (secondary N) is 2. The first-order chi connectivity index (χ1) is 13.5. The standard InChI is InChI=1S/C21H25FN4O2.ClH/c1-3-28-14-5-6-16(22)15(12-14)18-11-13(2)24-19(25-18)17-7-9-21(26-17)8-4-10-23-20(21)27;/h5-6,11-12,17,26H,3-4,7-10H2,1-2H3,(H,23,27);1H/t17-,21-;/m0./s1. The summed E-state index contributed by atoms with van der Waals surface area (Å²) in [6.45, 7) is 5.00. The Morgan fingerprint density at radius 3 is 2.86 bits per heavy atom. The Bertz CT molecular complexity index is 910. The van der Waals surface area contributed by atoms with E-state index in [-0.39, 0.29) is 30.2 Å². The molecule has 29 heavy (non-hydrogen) atoms. The molecule has 8 heteroatoms. The van der Waals surface area contributed by atoms with E-state index in [4.69, 9.17) is 4.74 Å². The Morgan fingerprint density at radius 1 is 1.28 bits per heavy atom. The minimum atomic E-state index is -0.531. The van der Waals surface area contributed by atoms with Gasteiger partial charge in [-0.2, -0.15) is 0 Å². The predicted molar refractivity (Wildman–Crippen MR) is 111 cm³/mol. The molecule has 1 aromatic heterocycles. The molecule has 2 atom stereocenters. The Hall–Kier alpha value is -2.25. The number of benzene rings is 1. The lowest BCUT2D eigenvalue weighted by Gasteiger charge is -2.33. The van der Waals surface area contributed by atoms with Gasteiger partial charge >= 0.3 is 0 Å². The van der Waals surface area contributed by atoms with Crippen LogP contribution in [0.5, 0.6) is 5.75 Å². The number of ether oxygens (including phenoxy) is 1. The molecule has 2 aliphatic rings. The van der Waals surface area contributed by atoms with Crippen molar-refractivity contribution < 1.29 is 13.9 Å². The second-order valence-corrected chi connectivity index (χ2v) is 7.50. The molecule has 0 bridgehead atoms. The molecule has 4 rings (SSSR count). The van der Waals surface area contributed by atoms with Gasteiger partial charge in [0.15, 0.2) is 0 Å². The molecular weight excluding hydrogens is 395 g/mol.